The van der Waals surface area contributed by atoms with Crippen LogP contribution in [0.2, 0.25) is 0 Å². The fourth-order valence-corrected chi connectivity index (χ4v) is 3.47. The molecule has 0 saturated heterocycles. The van der Waals surface area contributed by atoms with E-state index in [0.29, 0.717) is 22.6 Å². The second-order valence-corrected chi connectivity index (χ2v) is 7.47. The van der Waals surface area contributed by atoms with E-state index in [1.54, 1.807) is 12.1 Å². The number of rotatable bonds is 6. The Morgan fingerprint density at radius 1 is 0.788 bits per heavy atom. The second-order valence-electron chi connectivity index (χ2n) is 7.47. The van der Waals surface area contributed by atoms with E-state index in [0.717, 1.165) is 11.1 Å². The third kappa shape index (κ3) is 4.67. The lowest BCUT2D eigenvalue weighted by Gasteiger charge is -2.10. The van der Waals surface area contributed by atoms with Crippen molar-refractivity contribution < 1.29 is 28.2 Å². The van der Waals surface area contributed by atoms with E-state index in [1.165, 1.54) is 44.7 Å². The lowest BCUT2D eigenvalue weighted by Crippen LogP contribution is -2.09. The number of carbonyl (C=O) groups excluding carboxylic acids is 1. The average Bonchev–Trinajstić information content (AvgIpc) is 2.79. The molecule has 168 valence electrons. The van der Waals surface area contributed by atoms with Crippen molar-refractivity contribution in [3.63, 3.8) is 0 Å². The van der Waals surface area contributed by atoms with Gasteiger partial charge in [-0.05, 0) is 67.4 Å². The van der Waals surface area contributed by atoms with E-state index in [1.807, 2.05) is 32.0 Å². The molecule has 0 unspecified atom stereocenters. The molecule has 1 heterocycles. The molecule has 0 saturated carbocycles. The van der Waals surface area contributed by atoms with E-state index in [9.17, 15) is 9.59 Å². The summed E-state index contributed by atoms with van der Waals surface area (Å²) in [5.41, 5.74) is 2.28. The summed E-state index contributed by atoms with van der Waals surface area (Å²) >= 11 is 0. The van der Waals surface area contributed by atoms with E-state index >= 15 is 0 Å². The highest BCUT2D eigenvalue weighted by Crippen LogP contribution is 2.29. The van der Waals surface area contributed by atoms with Gasteiger partial charge >= 0.3 is 5.97 Å². The minimum atomic E-state index is -0.590. The largest absolute Gasteiger partial charge is 0.493 e. The molecule has 0 aliphatic carbocycles. The molecule has 0 amide bonds. The summed E-state index contributed by atoms with van der Waals surface area (Å²) in [5.74, 6) is 1.18. The lowest BCUT2D eigenvalue weighted by atomic mass is 10.1. The zero-order valence-corrected chi connectivity index (χ0v) is 18.6. The zero-order chi connectivity index (χ0) is 23.5. The van der Waals surface area contributed by atoms with Gasteiger partial charge in [0.1, 0.15) is 23.3 Å². The quantitative estimate of drug-likeness (QED) is 0.288. The third-order valence-corrected chi connectivity index (χ3v) is 4.97. The van der Waals surface area contributed by atoms with Gasteiger partial charge in [-0.25, -0.2) is 4.79 Å². The highest BCUT2D eigenvalue weighted by Gasteiger charge is 2.15. The predicted octanol–water partition coefficient (Wildman–Crippen LogP) is 5.44. The SMILES string of the molecule is COc1ccc(C(=O)Oc2ccc3c(=O)c(Oc4cc(C)cc(C)c4)coc3c2)cc1OC. The number of methoxy groups -OCH3 is 2. The molecule has 7 nitrogen and oxygen atoms in total. The highest BCUT2D eigenvalue weighted by atomic mass is 16.5. The maximum absolute atomic E-state index is 12.9. The Bertz CT molecular complexity index is 1380. The molecule has 0 radical (unpaired) electrons. The van der Waals surface area contributed by atoms with Crippen LogP contribution in [0.3, 0.4) is 0 Å². The molecule has 0 fully saturated rings. The first-order chi connectivity index (χ1) is 15.9. The first kappa shape index (κ1) is 22.0. The van der Waals surface area contributed by atoms with Gasteiger partial charge in [-0.3, -0.25) is 4.79 Å². The van der Waals surface area contributed by atoms with Crippen LogP contribution in [0.15, 0.2) is 70.1 Å². The number of carbonyl (C=O) groups is 1. The van der Waals surface area contributed by atoms with Gasteiger partial charge in [0, 0.05) is 6.07 Å². The van der Waals surface area contributed by atoms with Crippen LogP contribution in [0.5, 0.6) is 28.7 Å². The first-order valence-corrected chi connectivity index (χ1v) is 10.1. The van der Waals surface area contributed by atoms with Gasteiger partial charge in [0.15, 0.2) is 11.5 Å². The van der Waals surface area contributed by atoms with Crippen LogP contribution in [0.25, 0.3) is 11.0 Å². The molecule has 0 aliphatic rings. The van der Waals surface area contributed by atoms with E-state index < -0.39 is 5.97 Å². The Labute approximate surface area is 190 Å². The van der Waals surface area contributed by atoms with Gasteiger partial charge < -0.3 is 23.4 Å². The number of fused-ring (bicyclic) bond motifs is 1. The van der Waals surface area contributed by atoms with Gasteiger partial charge in [0.2, 0.25) is 11.2 Å². The Hall–Kier alpha value is -4.26. The molecule has 33 heavy (non-hydrogen) atoms. The van der Waals surface area contributed by atoms with Crippen molar-refractivity contribution in [3.05, 3.63) is 87.8 Å². The van der Waals surface area contributed by atoms with Crippen LogP contribution in [0, 0.1) is 13.8 Å². The van der Waals surface area contributed by atoms with E-state index in [-0.39, 0.29) is 28.1 Å². The van der Waals surface area contributed by atoms with Crippen molar-refractivity contribution in [2.75, 3.05) is 14.2 Å². The zero-order valence-electron chi connectivity index (χ0n) is 18.6. The van der Waals surface area contributed by atoms with Crippen molar-refractivity contribution in [1.82, 2.24) is 0 Å². The summed E-state index contributed by atoms with van der Waals surface area (Å²) < 4.78 is 27.2. The second kappa shape index (κ2) is 9.08. The van der Waals surface area contributed by atoms with Gasteiger partial charge in [-0.15, -0.1) is 0 Å². The molecule has 0 N–H and O–H groups in total. The van der Waals surface area contributed by atoms with Crippen molar-refractivity contribution in [3.8, 4) is 28.7 Å². The molecule has 0 spiro atoms. The standard InChI is InChI=1S/C26H22O7/c1-15-9-16(2)11-19(10-15)32-24-14-31-22-13-18(6-7-20(22)25(24)27)33-26(28)17-5-8-21(29-3)23(12-17)30-4/h5-14H,1-4H3. The van der Waals surface area contributed by atoms with Gasteiger partial charge in [-0.2, -0.15) is 0 Å². The monoisotopic (exact) mass is 446 g/mol. The van der Waals surface area contributed by atoms with Crippen LogP contribution in [-0.2, 0) is 0 Å². The van der Waals surface area contributed by atoms with E-state index in [2.05, 4.69) is 0 Å². The lowest BCUT2D eigenvalue weighted by molar-refractivity contribution is 0.0734. The fourth-order valence-electron chi connectivity index (χ4n) is 3.47. The number of benzene rings is 3. The normalized spacial score (nSPS) is 10.7. The molecule has 0 bridgehead atoms. The molecular weight excluding hydrogens is 424 g/mol. The van der Waals surface area contributed by atoms with Crippen LogP contribution >= 0.6 is 0 Å². The Morgan fingerprint density at radius 2 is 1.52 bits per heavy atom. The van der Waals surface area contributed by atoms with Crippen molar-refractivity contribution >= 4 is 16.9 Å². The van der Waals surface area contributed by atoms with Crippen LogP contribution in [-0.4, -0.2) is 20.2 Å². The van der Waals surface area contributed by atoms with Crippen LogP contribution < -0.4 is 24.4 Å². The van der Waals surface area contributed by atoms with Gasteiger partial charge in [0.05, 0.1) is 25.2 Å². The predicted molar refractivity (Wildman–Crippen MR) is 123 cm³/mol. The third-order valence-electron chi connectivity index (χ3n) is 4.97. The first-order valence-electron chi connectivity index (χ1n) is 10.1. The summed E-state index contributed by atoms with van der Waals surface area (Å²) in [4.78, 5) is 25.4. The van der Waals surface area contributed by atoms with Crippen molar-refractivity contribution in [2.24, 2.45) is 0 Å². The van der Waals surface area contributed by atoms with E-state index in [4.69, 9.17) is 23.4 Å². The average molecular weight is 446 g/mol. The van der Waals surface area contributed by atoms with Crippen molar-refractivity contribution in [2.45, 2.75) is 13.8 Å². The maximum atomic E-state index is 12.9. The van der Waals surface area contributed by atoms with Gasteiger partial charge in [-0.1, -0.05) is 6.07 Å². The number of esters is 1. The summed E-state index contributed by atoms with van der Waals surface area (Å²) in [6.45, 7) is 3.90. The molecule has 0 atom stereocenters. The molecule has 3 aromatic carbocycles. The van der Waals surface area contributed by atoms with Crippen molar-refractivity contribution in [1.29, 1.82) is 0 Å². The molecule has 1 aromatic heterocycles. The number of hydrogen-bond donors (Lipinski definition) is 0. The molecule has 7 heteroatoms. The molecule has 4 rings (SSSR count). The number of hydrogen-bond acceptors (Lipinski definition) is 7. The number of ether oxygens (including phenoxy) is 4. The molecule has 4 aromatic rings. The number of aryl methyl sites for hydroxylation is 2. The van der Waals surface area contributed by atoms with Crippen LogP contribution in [0.4, 0.5) is 0 Å². The highest BCUT2D eigenvalue weighted by molar-refractivity contribution is 5.92. The summed E-state index contributed by atoms with van der Waals surface area (Å²) in [6, 6.07) is 15.0. The molecular formula is C26H22O7. The summed E-state index contributed by atoms with van der Waals surface area (Å²) in [5, 5.41) is 0.308. The Kier molecular flexibility index (Phi) is 6.04. The smallest absolute Gasteiger partial charge is 0.343 e. The summed E-state index contributed by atoms with van der Waals surface area (Å²) in [7, 11) is 2.99. The Balaban J connectivity index is 1.58. The van der Waals surface area contributed by atoms with Gasteiger partial charge in [0.25, 0.3) is 0 Å². The fraction of sp³-hybridized carbons (Fsp3) is 0.154. The minimum Gasteiger partial charge on any atom is -0.493 e. The maximum Gasteiger partial charge on any atom is 0.343 e. The van der Waals surface area contributed by atoms with Crippen LogP contribution in [0.1, 0.15) is 21.5 Å². The minimum absolute atomic E-state index is 0.0718. The Morgan fingerprint density at radius 3 is 2.21 bits per heavy atom. The topological polar surface area (TPSA) is 84.2 Å². The summed E-state index contributed by atoms with van der Waals surface area (Å²) in [6.07, 6.45) is 1.25. The molecule has 0 aliphatic heterocycles.